The zero-order valence-corrected chi connectivity index (χ0v) is 12.2. The van der Waals surface area contributed by atoms with Crippen LogP contribution >= 0.6 is 34.8 Å². The highest BCUT2D eigenvalue weighted by Gasteiger charge is 2.43. The highest BCUT2D eigenvalue weighted by molar-refractivity contribution is 6.45. The van der Waals surface area contributed by atoms with Gasteiger partial charge in [-0.25, -0.2) is 0 Å². The molecule has 0 saturated carbocycles. The predicted octanol–water partition coefficient (Wildman–Crippen LogP) is 4.09. The van der Waals surface area contributed by atoms with Gasteiger partial charge in [-0.3, -0.25) is 4.79 Å². The standard InChI is InChI=1S/C12H15Cl3O3/c1-2-3-4-5-18-12(15)7-10(14)9(13)6-8(12)11(16)17/h6-8H,2-5H2,1H3,(H,16,17). The van der Waals surface area contributed by atoms with Gasteiger partial charge in [0.2, 0.25) is 0 Å². The molecule has 2 unspecified atom stereocenters. The molecule has 0 heterocycles. The Morgan fingerprint density at radius 1 is 1.44 bits per heavy atom. The topological polar surface area (TPSA) is 46.5 Å². The highest BCUT2D eigenvalue weighted by atomic mass is 35.5. The predicted molar refractivity (Wildman–Crippen MR) is 73.1 cm³/mol. The van der Waals surface area contributed by atoms with E-state index < -0.39 is 16.9 Å². The van der Waals surface area contributed by atoms with Crippen molar-refractivity contribution in [2.45, 2.75) is 31.2 Å². The number of carbonyl (C=O) groups is 1. The molecule has 0 fully saturated rings. The molecule has 3 nitrogen and oxygen atoms in total. The summed E-state index contributed by atoms with van der Waals surface area (Å²) >= 11 is 17.9. The highest BCUT2D eigenvalue weighted by Crippen LogP contribution is 2.40. The van der Waals surface area contributed by atoms with Crippen molar-refractivity contribution in [2.24, 2.45) is 5.92 Å². The summed E-state index contributed by atoms with van der Waals surface area (Å²) in [5.41, 5.74) is 0. The average Bonchev–Trinajstić information content (AvgIpc) is 2.29. The molecule has 1 aliphatic carbocycles. The van der Waals surface area contributed by atoms with Crippen LogP contribution in [0.25, 0.3) is 0 Å². The minimum absolute atomic E-state index is 0.178. The van der Waals surface area contributed by atoms with Gasteiger partial charge in [0.1, 0.15) is 5.92 Å². The van der Waals surface area contributed by atoms with E-state index in [1.54, 1.807) is 0 Å². The Bertz CT molecular complexity index is 379. The fourth-order valence-electron chi connectivity index (χ4n) is 1.62. The molecule has 1 N–H and O–H groups in total. The molecule has 6 heteroatoms. The van der Waals surface area contributed by atoms with Gasteiger partial charge in [0.25, 0.3) is 0 Å². The number of halogens is 3. The number of aliphatic carboxylic acids is 1. The van der Waals surface area contributed by atoms with Crippen molar-refractivity contribution in [3.63, 3.8) is 0 Å². The molecular weight excluding hydrogens is 298 g/mol. The largest absolute Gasteiger partial charge is 0.481 e. The van der Waals surface area contributed by atoms with Gasteiger partial charge in [-0.05, 0) is 18.6 Å². The first-order chi connectivity index (χ1) is 8.40. The summed E-state index contributed by atoms with van der Waals surface area (Å²) < 4.78 is 5.49. The molecule has 0 aliphatic heterocycles. The second-order valence-corrected chi connectivity index (χ2v) is 5.48. The van der Waals surface area contributed by atoms with E-state index in [4.69, 9.17) is 44.6 Å². The number of alkyl halides is 1. The number of unbranched alkanes of at least 4 members (excludes halogenated alkanes) is 2. The summed E-state index contributed by atoms with van der Waals surface area (Å²) in [6.07, 6.45) is 5.52. The van der Waals surface area contributed by atoms with Crippen molar-refractivity contribution < 1.29 is 14.6 Å². The molecule has 1 aliphatic rings. The van der Waals surface area contributed by atoms with Crippen LogP contribution in [0.15, 0.2) is 22.2 Å². The number of carboxylic acids is 1. The molecule has 0 aromatic carbocycles. The Kier molecular flexibility index (Phi) is 5.99. The van der Waals surface area contributed by atoms with E-state index >= 15 is 0 Å². The van der Waals surface area contributed by atoms with Crippen LogP contribution in [0.1, 0.15) is 26.2 Å². The molecule has 0 radical (unpaired) electrons. The van der Waals surface area contributed by atoms with Crippen LogP contribution in [-0.2, 0) is 9.53 Å². The minimum atomic E-state index is -1.46. The smallest absolute Gasteiger partial charge is 0.315 e. The number of hydrogen-bond acceptors (Lipinski definition) is 2. The second-order valence-electron chi connectivity index (χ2n) is 4.08. The SMILES string of the molecule is CCCCCOC1(Cl)C=C(Cl)C(Cl)=CC1C(=O)O. The van der Waals surface area contributed by atoms with Gasteiger partial charge in [0.05, 0.1) is 10.1 Å². The van der Waals surface area contributed by atoms with E-state index in [-0.39, 0.29) is 10.1 Å². The van der Waals surface area contributed by atoms with E-state index in [2.05, 4.69) is 6.92 Å². The summed E-state index contributed by atoms with van der Waals surface area (Å²) in [7, 11) is 0. The second kappa shape index (κ2) is 6.80. The van der Waals surface area contributed by atoms with E-state index in [0.29, 0.717) is 6.61 Å². The van der Waals surface area contributed by atoms with Crippen molar-refractivity contribution >= 4 is 40.8 Å². The molecule has 0 spiro atoms. The maximum Gasteiger partial charge on any atom is 0.315 e. The van der Waals surface area contributed by atoms with Gasteiger partial charge >= 0.3 is 5.97 Å². The lowest BCUT2D eigenvalue weighted by atomic mass is 9.96. The summed E-state index contributed by atoms with van der Waals surface area (Å²) in [5, 5.41) is 8.06. The Morgan fingerprint density at radius 2 is 2.11 bits per heavy atom. The molecular formula is C12H15Cl3O3. The number of allylic oxidation sites excluding steroid dienone is 2. The van der Waals surface area contributed by atoms with Gasteiger partial charge < -0.3 is 9.84 Å². The summed E-state index contributed by atoms with van der Waals surface area (Å²) in [5.74, 6) is -2.14. The van der Waals surface area contributed by atoms with Crippen LogP contribution in [0.4, 0.5) is 0 Å². The van der Waals surface area contributed by atoms with Crippen molar-refractivity contribution in [3.8, 4) is 0 Å². The quantitative estimate of drug-likeness (QED) is 0.593. The Balaban J connectivity index is 2.78. The molecule has 1 rings (SSSR count). The third-order valence-electron chi connectivity index (χ3n) is 2.63. The summed E-state index contributed by atoms with van der Waals surface area (Å²) in [6, 6.07) is 0. The molecule has 2 atom stereocenters. The molecule has 102 valence electrons. The normalized spacial score (nSPS) is 27.7. The molecule has 0 bridgehead atoms. The van der Waals surface area contributed by atoms with Crippen LogP contribution in [0, 0.1) is 5.92 Å². The lowest BCUT2D eigenvalue weighted by Gasteiger charge is -2.31. The lowest BCUT2D eigenvalue weighted by Crippen LogP contribution is -2.39. The number of hydrogen-bond donors (Lipinski definition) is 1. The molecule has 0 aromatic heterocycles. The van der Waals surface area contributed by atoms with Crippen LogP contribution in [0.2, 0.25) is 0 Å². The van der Waals surface area contributed by atoms with Gasteiger partial charge in [-0.2, -0.15) is 0 Å². The average molecular weight is 314 g/mol. The van der Waals surface area contributed by atoms with E-state index in [1.807, 2.05) is 0 Å². The Morgan fingerprint density at radius 3 is 2.67 bits per heavy atom. The van der Waals surface area contributed by atoms with Gasteiger partial charge in [0, 0.05) is 6.61 Å². The van der Waals surface area contributed by atoms with Crippen LogP contribution in [-0.4, -0.2) is 22.7 Å². The van der Waals surface area contributed by atoms with Crippen LogP contribution in [0.3, 0.4) is 0 Å². The first-order valence-corrected chi connectivity index (χ1v) is 6.86. The third kappa shape index (κ3) is 3.89. The Hall–Kier alpha value is -0.220. The maximum atomic E-state index is 11.2. The first kappa shape index (κ1) is 15.8. The Labute approximate surface area is 121 Å². The maximum absolute atomic E-state index is 11.2. The molecule has 18 heavy (non-hydrogen) atoms. The molecule has 0 saturated heterocycles. The number of carboxylic acid groups (broad SMARTS) is 1. The number of rotatable bonds is 6. The van der Waals surface area contributed by atoms with Crippen LogP contribution < -0.4 is 0 Å². The minimum Gasteiger partial charge on any atom is -0.481 e. The zero-order chi connectivity index (χ0) is 13.8. The first-order valence-electron chi connectivity index (χ1n) is 5.72. The zero-order valence-electron chi connectivity index (χ0n) is 9.96. The van der Waals surface area contributed by atoms with Crippen LogP contribution in [0.5, 0.6) is 0 Å². The van der Waals surface area contributed by atoms with Crippen molar-refractivity contribution in [3.05, 3.63) is 22.2 Å². The third-order valence-corrected chi connectivity index (χ3v) is 3.82. The fraction of sp³-hybridized carbons (Fsp3) is 0.583. The lowest BCUT2D eigenvalue weighted by molar-refractivity contribution is -0.145. The van der Waals surface area contributed by atoms with Crippen molar-refractivity contribution in [1.29, 1.82) is 0 Å². The van der Waals surface area contributed by atoms with Crippen molar-refractivity contribution in [2.75, 3.05) is 6.61 Å². The summed E-state index contributed by atoms with van der Waals surface area (Å²) in [6.45, 7) is 2.45. The van der Waals surface area contributed by atoms with Gasteiger partial charge in [-0.15, -0.1) is 0 Å². The number of ether oxygens (including phenoxy) is 1. The van der Waals surface area contributed by atoms with Crippen molar-refractivity contribution in [1.82, 2.24) is 0 Å². The monoisotopic (exact) mass is 312 g/mol. The molecule has 0 aromatic rings. The fourth-order valence-corrected chi connectivity index (χ4v) is 2.43. The molecule has 0 amide bonds. The summed E-state index contributed by atoms with van der Waals surface area (Å²) in [4.78, 5) is 11.2. The van der Waals surface area contributed by atoms with E-state index in [1.165, 1.54) is 12.2 Å². The van der Waals surface area contributed by atoms with E-state index in [9.17, 15) is 4.79 Å². The van der Waals surface area contributed by atoms with Gasteiger partial charge in [-0.1, -0.05) is 54.6 Å². The van der Waals surface area contributed by atoms with Gasteiger partial charge in [0.15, 0.2) is 5.06 Å². The van der Waals surface area contributed by atoms with E-state index in [0.717, 1.165) is 19.3 Å².